The lowest BCUT2D eigenvalue weighted by molar-refractivity contribution is -0.118. The van der Waals surface area contributed by atoms with Crippen LogP contribution in [0.4, 0.5) is 5.69 Å². The molecule has 1 saturated carbocycles. The predicted octanol–water partition coefficient (Wildman–Crippen LogP) is 0.875. The summed E-state index contributed by atoms with van der Waals surface area (Å²) in [5.74, 6) is 0.629. The number of hydrogen-bond acceptors (Lipinski definition) is 4. The van der Waals surface area contributed by atoms with Crippen molar-refractivity contribution < 1.29 is 14.3 Å². The van der Waals surface area contributed by atoms with Crippen LogP contribution in [-0.2, 0) is 4.79 Å². The smallest absolute Gasteiger partial charge is 0.262 e. The monoisotopic (exact) mass is 289 g/mol. The molecule has 1 aromatic carbocycles. The number of benzene rings is 1. The molecule has 0 aromatic heterocycles. The zero-order chi connectivity index (χ0) is 15.0. The number of anilines is 1. The zero-order valence-electron chi connectivity index (χ0n) is 11.9. The Labute approximate surface area is 123 Å². The first-order valence-corrected chi connectivity index (χ1v) is 7.11. The molecule has 2 amide bonds. The molecule has 1 heterocycles. The Balaban J connectivity index is 1.78. The third-order valence-electron chi connectivity index (χ3n) is 4.18. The lowest BCUT2D eigenvalue weighted by Gasteiger charge is -2.29. The maximum atomic E-state index is 12.4. The molecule has 21 heavy (non-hydrogen) atoms. The summed E-state index contributed by atoms with van der Waals surface area (Å²) in [6.07, 6.45) is 2.20. The number of ether oxygens (including phenoxy) is 1. The van der Waals surface area contributed by atoms with Gasteiger partial charge < -0.3 is 21.1 Å². The Morgan fingerprint density at radius 3 is 2.95 bits per heavy atom. The molecule has 6 heteroatoms. The first-order valence-electron chi connectivity index (χ1n) is 7.11. The topological polar surface area (TPSA) is 93.5 Å². The fraction of sp³-hybridized carbons (Fsp3) is 0.467. The molecule has 112 valence electrons. The van der Waals surface area contributed by atoms with Crippen LogP contribution in [0.15, 0.2) is 18.2 Å². The van der Waals surface area contributed by atoms with Gasteiger partial charge in [0.05, 0.1) is 11.2 Å². The second kappa shape index (κ2) is 5.04. The van der Waals surface area contributed by atoms with Gasteiger partial charge in [0.1, 0.15) is 5.75 Å². The molecule has 1 fully saturated rings. The molecular formula is C15H19N3O3. The summed E-state index contributed by atoms with van der Waals surface area (Å²) in [4.78, 5) is 23.7. The van der Waals surface area contributed by atoms with Gasteiger partial charge in [-0.05, 0) is 43.9 Å². The van der Waals surface area contributed by atoms with Crippen molar-refractivity contribution in [2.24, 2.45) is 11.7 Å². The summed E-state index contributed by atoms with van der Waals surface area (Å²) in [7, 11) is 0. The van der Waals surface area contributed by atoms with Crippen molar-refractivity contribution in [2.45, 2.75) is 25.3 Å². The second-order valence-electron chi connectivity index (χ2n) is 5.90. The average molecular weight is 289 g/mol. The summed E-state index contributed by atoms with van der Waals surface area (Å²) >= 11 is 0. The number of fused-ring (bicyclic) bond motifs is 1. The number of carbonyl (C=O) groups excluding carboxylic acids is 2. The quantitative estimate of drug-likeness (QED) is 0.767. The van der Waals surface area contributed by atoms with E-state index in [0.29, 0.717) is 29.5 Å². The van der Waals surface area contributed by atoms with E-state index in [1.54, 1.807) is 18.2 Å². The fourth-order valence-corrected chi connectivity index (χ4v) is 2.60. The van der Waals surface area contributed by atoms with Crippen LogP contribution >= 0.6 is 0 Å². The van der Waals surface area contributed by atoms with Crippen molar-refractivity contribution >= 4 is 17.5 Å². The molecule has 1 aliphatic carbocycles. The van der Waals surface area contributed by atoms with Gasteiger partial charge in [-0.2, -0.15) is 0 Å². The summed E-state index contributed by atoms with van der Waals surface area (Å²) < 4.78 is 5.28. The van der Waals surface area contributed by atoms with E-state index in [0.717, 1.165) is 12.8 Å². The minimum Gasteiger partial charge on any atom is -0.482 e. The molecule has 0 saturated heterocycles. The van der Waals surface area contributed by atoms with Gasteiger partial charge in [0, 0.05) is 12.1 Å². The molecule has 1 unspecified atom stereocenters. The van der Waals surface area contributed by atoms with E-state index >= 15 is 0 Å². The number of nitrogens with one attached hydrogen (secondary N) is 2. The van der Waals surface area contributed by atoms with Crippen LogP contribution in [0.1, 0.15) is 30.1 Å². The van der Waals surface area contributed by atoms with Crippen molar-refractivity contribution in [2.75, 3.05) is 18.5 Å². The van der Waals surface area contributed by atoms with Gasteiger partial charge in [0.2, 0.25) is 0 Å². The number of nitrogens with two attached hydrogens (primary N) is 1. The van der Waals surface area contributed by atoms with Crippen LogP contribution in [0.3, 0.4) is 0 Å². The van der Waals surface area contributed by atoms with Gasteiger partial charge in [-0.15, -0.1) is 0 Å². The van der Waals surface area contributed by atoms with Crippen LogP contribution in [0.25, 0.3) is 0 Å². The molecule has 0 spiro atoms. The van der Waals surface area contributed by atoms with E-state index in [-0.39, 0.29) is 24.0 Å². The zero-order valence-corrected chi connectivity index (χ0v) is 11.9. The molecular weight excluding hydrogens is 270 g/mol. The Hall–Kier alpha value is -2.08. The highest BCUT2D eigenvalue weighted by Gasteiger charge is 2.41. The number of amides is 2. The van der Waals surface area contributed by atoms with E-state index in [2.05, 4.69) is 10.6 Å². The molecule has 4 N–H and O–H groups in total. The van der Waals surface area contributed by atoms with E-state index < -0.39 is 0 Å². The molecule has 1 aromatic rings. The first-order chi connectivity index (χ1) is 10.0. The van der Waals surface area contributed by atoms with Crippen molar-refractivity contribution in [3.8, 4) is 5.75 Å². The lowest BCUT2D eigenvalue weighted by Crippen LogP contribution is -2.53. The number of hydrogen-bond donors (Lipinski definition) is 3. The van der Waals surface area contributed by atoms with Crippen molar-refractivity contribution in [3.05, 3.63) is 23.8 Å². The fourth-order valence-electron chi connectivity index (χ4n) is 2.60. The molecule has 1 atom stereocenters. The van der Waals surface area contributed by atoms with Crippen LogP contribution in [0.2, 0.25) is 0 Å². The minimum atomic E-state index is -0.368. The van der Waals surface area contributed by atoms with Crippen molar-refractivity contribution in [3.63, 3.8) is 0 Å². The van der Waals surface area contributed by atoms with Gasteiger partial charge >= 0.3 is 0 Å². The molecule has 0 radical (unpaired) electrons. The Morgan fingerprint density at radius 2 is 2.29 bits per heavy atom. The normalized spacial score (nSPS) is 19.8. The molecule has 2 aliphatic rings. The maximum Gasteiger partial charge on any atom is 0.262 e. The average Bonchev–Trinajstić information content (AvgIpc) is 3.31. The van der Waals surface area contributed by atoms with E-state index in [1.165, 1.54) is 0 Å². The Bertz CT molecular complexity index is 598. The largest absolute Gasteiger partial charge is 0.482 e. The van der Waals surface area contributed by atoms with Crippen LogP contribution in [0.5, 0.6) is 5.75 Å². The maximum absolute atomic E-state index is 12.4. The Morgan fingerprint density at radius 1 is 1.52 bits per heavy atom. The number of carbonyl (C=O) groups is 2. The van der Waals surface area contributed by atoms with Gasteiger partial charge in [-0.1, -0.05) is 0 Å². The van der Waals surface area contributed by atoms with Crippen molar-refractivity contribution in [1.29, 1.82) is 0 Å². The highest BCUT2D eigenvalue weighted by atomic mass is 16.5. The SMILES string of the molecule is CC(CN)(NC(=O)c1ccc2c(c1)NC(=O)CO2)C1CC1. The van der Waals surface area contributed by atoms with E-state index in [4.69, 9.17) is 10.5 Å². The predicted molar refractivity (Wildman–Crippen MR) is 78.2 cm³/mol. The lowest BCUT2D eigenvalue weighted by atomic mass is 9.95. The molecule has 6 nitrogen and oxygen atoms in total. The van der Waals surface area contributed by atoms with E-state index in [1.807, 2.05) is 6.92 Å². The third kappa shape index (κ3) is 2.71. The minimum absolute atomic E-state index is 0.00542. The summed E-state index contributed by atoms with van der Waals surface area (Å²) in [6.45, 7) is 2.39. The Kier molecular flexibility index (Phi) is 3.33. The number of rotatable bonds is 4. The van der Waals surface area contributed by atoms with Crippen LogP contribution < -0.4 is 21.1 Å². The highest BCUT2D eigenvalue weighted by Crippen LogP contribution is 2.39. The second-order valence-corrected chi connectivity index (χ2v) is 5.90. The molecule has 0 bridgehead atoms. The van der Waals surface area contributed by atoms with Gasteiger partial charge in [-0.25, -0.2) is 0 Å². The standard InChI is InChI=1S/C15H19N3O3/c1-15(8-16,10-3-4-10)18-14(20)9-2-5-12-11(6-9)17-13(19)7-21-12/h2,5-6,10H,3-4,7-8,16H2,1H3,(H,17,19)(H,18,20). The van der Waals surface area contributed by atoms with Gasteiger partial charge in [0.25, 0.3) is 11.8 Å². The highest BCUT2D eigenvalue weighted by molar-refractivity contribution is 6.00. The summed E-state index contributed by atoms with van der Waals surface area (Å²) in [5, 5.41) is 5.72. The van der Waals surface area contributed by atoms with Crippen LogP contribution in [0, 0.1) is 5.92 Å². The van der Waals surface area contributed by atoms with Gasteiger partial charge in [-0.3, -0.25) is 9.59 Å². The third-order valence-corrected chi connectivity index (χ3v) is 4.18. The molecule has 3 rings (SSSR count). The summed E-state index contributed by atoms with van der Waals surface area (Å²) in [6, 6.07) is 5.02. The van der Waals surface area contributed by atoms with Crippen LogP contribution in [-0.4, -0.2) is 30.5 Å². The summed E-state index contributed by atoms with van der Waals surface area (Å²) in [5.41, 5.74) is 6.46. The van der Waals surface area contributed by atoms with E-state index in [9.17, 15) is 9.59 Å². The van der Waals surface area contributed by atoms with Gasteiger partial charge in [0.15, 0.2) is 6.61 Å². The van der Waals surface area contributed by atoms with Crippen molar-refractivity contribution in [1.82, 2.24) is 5.32 Å². The molecule has 1 aliphatic heterocycles. The first kappa shape index (κ1) is 13.9.